The molecule has 1 atom stereocenters. The van der Waals surface area contributed by atoms with Crippen molar-refractivity contribution in [2.24, 2.45) is 0 Å². The van der Waals surface area contributed by atoms with Crippen LogP contribution in [0.4, 0.5) is 0 Å². The van der Waals surface area contributed by atoms with Gasteiger partial charge in [0, 0.05) is 6.54 Å². The van der Waals surface area contributed by atoms with Gasteiger partial charge < -0.3 is 10.2 Å². The molecule has 15 heavy (non-hydrogen) atoms. The smallest absolute Gasteiger partial charge is 0.0654 e. The second-order valence-electron chi connectivity index (χ2n) is 3.77. The highest BCUT2D eigenvalue weighted by Crippen LogP contribution is 2.23. The monoisotopic (exact) mass is 206 g/mol. The largest absolute Gasteiger partial charge is 0.313 e. The van der Waals surface area contributed by atoms with Crippen LogP contribution < -0.4 is 10.8 Å². The Kier molecular flexibility index (Phi) is 3.72. The first kappa shape index (κ1) is 10.6. The molecule has 0 radical (unpaired) electrons. The third-order valence-corrected chi connectivity index (χ3v) is 2.73. The maximum atomic E-state index is 5.31. The van der Waals surface area contributed by atoms with Gasteiger partial charge in [0.2, 0.25) is 0 Å². The summed E-state index contributed by atoms with van der Waals surface area (Å²) in [7, 11) is 0. The van der Waals surface area contributed by atoms with Gasteiger partial charge in [0.25, 0.3) is 0 Å². The summed E-state index contributed by atoms with van der Waals surface area (Å²) in [4.78, 5) is 5.31. The van der Waals surface area contributed by atoms with E-state index >= 15 is 0 Å². The standard InChI is InChI=1S/C12H18N2O/c1-2-15-14-12-7-8-13-9-10-5-3-4-6-11(10)12/h3-6,12-14H,2,7-9H2,1H3. The van der Waals surface area contributed by atoms with Gasteiger partial charge in [-0.1, -0.05) is 24.3 Å². The van der Waals surface area contributed by atoms with Crippen LogP contribution in [0, 0.1) is 0 Å². The molecule has 0 saturated heterocycles. The summed E-state index contributed by atoms with van der Waals surface area (Å²) >= 11 is 0. The predicted molar refractivity (Wildman–Crippen MR) is 60.3 cm³/mol. The van der Waals surface area contributed by atoms with Gasteiger partial charge in [0.05, 0.1) is 12.6 Å². The van der Waals surface area contributed by atoms with Crippen LogP contribution in [0.2, 0.25) is 0 Å². The maximum Gasteiger partial charge on any atom is 0.0654 e. The molecule has 0 aromatic heterocycles. The molecule has 1 aromatic rings. The Labute approximate surface area is 90.8 Å². The van der Waals surface area contributed by atoms with E-state index in [1.807, 2.05) is 6.92 Å². The fourth-order valence-corrected chi connectivity index (χ4v) is 1.97. The SMILES string of the molecule is CCONC1CCNCc2ccccc21. The van der Waals surface area contributed by atoms with Gasteiger partial charge in [0.1, 0.15) is 0 Å². The highest BCUT2D eigenvalue weighted by Gasteiger charge is 2.17. The van der Waals surface area contributed by atoms with Crippen molar-refractivity contribution in [3.8, 4) is 0 Å². The first-order chi connectivity index (χ1) is 7.42. The fourth-order valence-electron chi connectivity index (χ4n) is 1.97. The van der Waals surface area contributed by atoms with Crippen LogP contribution in [0.1, 0.15) is 30.5 Å². The van der Waals surface area contributed by atoms with Gasteiger partial charge in [-0.2, -0.15) is 5.48 Å². The molecule has 0 spiro atoms. The highest BCUT2D eigenvalue weighted by molar-refractivity contribution is 5.30. The van der Waals surface area contributed by atoms with Crippen LogP contribution in [-0.4, -0.2) is 13.2 Å². The second-order valence-corrected chi connectivity index (χ2v) is 3.77. The zero-order valence-electron chi connectivity index (χ0n) is 9.12. The van der Waals surface area contributed by atoms with E-state index in [0.717, 1.165) is 19.5 Å². The van der Waals surface area contributed by atoms with E-state index in [9.17, 15) is 0 Å². The molecule has 1 heterocycles. The molecule has 82 valence electrons. The first-order valence-corrected chi connectivity index (χ1v) is 5.57. The number of fused-ring (bicyclic) bond motifs is 1. The molecule has 2 rings (SSSR count). The zero-order valence-corrected chi connectivity index (χ0v) is 9.12. The van der Waals surface area contributed by atoms with Gasteiger partial charge in [-0.05, 0) is 31.0 Å². The van der Waals surface area contributed by atoms with Crippen LogP contribution in [0.3, 0.4) is 0 Å². The summed E-state index contributed by atoms with van der Waals surface area (Å²) in [6.07, 6.45) is 1.07. The van der Waals surface area contributed by atoms with Crippen LogP contribution in [0.5, 0.6) is 0 Å². The van der Waals surface area contributed by atoms with Crippen molar-refractivity contribution in [3.05, 3.63) is 35.4 Å². The lowest BCUT2D eigenvalue weighted by atomic mass is 10.0. The molecule has 0 aliphatic carbocycles. The van der Waals surface area contributed by atoms with Crippen molar-refractivity contribution in [1.82, 2.24) is 10.8 Å². The minimum absolute atomic E-state index is 0.316. The van der Waals surface area contributed by atoms with Crippen molar-refractivity contribution in [1.29, 1.82) is 0 Å². The Morgan fingerprint density at radius 1 is 1.47 bits per heavy atom. The molecule has 0 fully saturated rings. The van der Waals surface area contributed by atoms with Crippen molar-refractivity contribution >= 4 is 0 Å². The van der Waals surface area contributed by atoms with Crippen molar-refractivity contribution in [2.75, 3.05) is 13.2 Å². The average molecular weight is 206 g/mol. The number of benzene rings is 1. The van der Waals surface area contributed by atoms with E-state index in [4.69, 9.17) is 4.84 Å². The molecular weight excluding hydrogens is 188 g/mol. The summed E-state index contributed by atoms with van der Waals surface area (Å²) < 4.78 is 0. The highest BCUT2D eigenvalue weighted by atomic mass is 16.6. The van der Waals surface area contributed by atoms with Gasteiger partial charge >= 0.3 is 0 Å². The molecule has 2 N–H and O–H groups in total. The number of rotatable bonds is 3. The van der Waals surface area contributed by atoms with E-state index in [2.05, 4.69) is 35.1 Å². The van der Waals surface area contributed by atoms with Crippen LogP contribution in [0.25, 0.3) is 0 Å². The molecule has 1 aliphatic rings. The number of hydrogen-bond donors (Lipinski definition) is 2. The van der Waals surface area contributed by atoms with Crippen molar-refractivity contribution in [3.63, 3.8) is 0 Å². The average Bonchev–Trinajstić information content (AvgIpc) is 2.49. The number of hydroxylamine groups is 1. The molecule has 3 nitrogen and oxygen atoms in total. The predicted octanol–water partition coefficient (Wildman–Crippen LogP) is 1.76. The summed E-state index contributed by atoms with van der Waals surface area (Å²) in [5, 5.41) is 3.41. The minimum atomic E-state index is 0.316. The number of nitrogens with one attached hydrogen (secondary N) is 2. The van der Waals surface area contributed by atoms with Crippen molar-refractivity contribution < 1.29 is 4.84 Å². The van der Waals surface area contributed by atoms with E-state index < -0.39 is 0 Å². The molecule has 0 saturated carbocycles. The Morgan fingerprint density at radius 2 is 2.33 bits per heavy atom. The van der Waals surface area contributed by atoms with E-state index in [0.29, 0.717) is 12.6 Å². The van der Waals surface area contributed by atoms with Gasteiger partial charge in [-0.25, -0.2) is 0 Å². The Morgan fingerprint density at radius 3 is 3.20 bits per heavy atom. The minimum Gasteiger partial charge on any atom is -0.313 e. The van der Waals surface area contributed by atoms with Crippen LogP contribution >= 0.6 is 0 Å². The summed E-state index contributed by atoms with van der Waals surface area (Å²) in [6.45, 7) is 4.68. The molecule has 0 amide bonds. The van der Waals surface area contributed by atoms with Crippen LogP contribution in [-0.2, 0) is 11.4 Å². The molecule has 3 heteroatoms. The lowest BCUT2D eigenvalue weighted by Gasteiger charge is -2.17. The lowest BCUT2D eigenvalue weighted by molar-refractivity contribution is 0.0224. The molecule has 1 unspecified atom stereocenters. The van der Waals surface area contributed by atoms with Gasteiger partial charge in [-0.3, -0.25) is 0 Å². The molecule has 1 aliphatic heterocycles. The summed E-state index contributed by atoms with van der Waals surface area (Å²) in [5.41, 5.74) is 5.85. The maximum absolute atomic E-state index is 5.31. The third kappa shape index (κ3) is 2.56. The van der Waals surface area contributed by atoms with Crippen molar-refractivity contribution in [2.45, 2.75) is 25.9 Å². The fraction of sp³-hybridized carbons (Fsp3) is 0.500. The first-order valence-electron chi connectivity index (χ1n) is 5.57. The van der Waals surface area contributed by atoms with Gasteiger partial charge in [0.15, 0.2) is 0 Å². The quantitative estimate of drug-likeness (QED) is 0.739. The molecular formula is C12H18N2O. The molecule has 0 bridgehead atoms. The zero-order chi connectivity index (χ0) is 10.5. The summed E-state index contributed by atoms with van der Waals surface area (Å²) in [5.74, 6) is 0. The van der Waals surface area contributed by atoms with E-state index in [1.165, 1.54) is 11.1 Å². The Balaban J connectivity index is 2.17. The summed E-state index contributed by atoms with van der Waals surface area (Å²) in [6, 6.07) is 8.85. The molecule has 1 aromatic carbocycles. The second kappa shape index (κ2) is 5.26. The Hall–Kier alpha value is -0.900. The lowest BCUT2D eigenvalue weighted by Crippen LogP contribution is -2.23. The normalized spacial score (nSPS) is 20.7. The third-order valence-electron chi connectivity index (χ3n) is 2.73. The topological polar surface area (TPSA) is 33.3 Å². The Bertz CT molecular complexity index is 314. The van der Waals surface area contributed by atoms with E-state index in [-0.39, 0.29) is 0 Å². The number of hydrogen-bond acceptors (Lipinski definition) is 3. The van der Waals surface area contributed by atoms with E-state index in [1.54, 1.807) is 0 Å². The van der Waals surface area contributed by atoms with Crippen LogP contribution in [0.15, 0.2) is 24.3 Å². The van der Waals surface area contributed by atoms with Gasteiger partial charge in [-0.15, -0.1) is 0 Å².